The minimum atomic E-state index is -3.86. The average Bonchev–Trinajstić information content (AvgIpc) is 3.36. The Labute approximate surface area is 272 Å². The molecule has 14 heteroatoms. The second kappa shape index (κ2) is 13.8. The number of ether oxygens (including phenoxy) is 1. The summed E-state index contributed by atoms with van der Waals surface area (Å²) in [5.74, 6) is -1.07. The number of nitrogens with zero attached hydrogens (tertiary/aromatic N) is 3. The summed E-state index contributed by atoms with van der Waals surface area (Å²) >= 11 is 0. The number of aliphatic hydroxyl groups is 1. The molecule has 0 aromatic heterocycles. The van der Waals surface area contributed by atoms with Gasteiger partial charge >= 0.3 is 0 Å². The van der Waals surface area contributed by atoms with Crippen LogP contribution in [0.25, 0.3) is 6.08 Å². The number of carbonyl (C=O) groups is 2. The molecule has 0 bridgehead atoms. The summed E-state index contributed by atoms with van der Waals surface area (Å²) in [4.78, 5) is 32.4. The van der Waals surface area contributed by atoms with Crippen molar-refractivity contribution in [3.63, 3.8) is 0 Å². The molecule has 0 radical (unpaired) electrons. The summed E-state index contributed by atoms with van der Waals surface area (Å²) in [6.45, 7) is 2.71. The predicted molar refractivity (Wildman–Crippen MR) is 171 cm³/mol. The topological polar surface area (TPSA) is 129 Å². The van der Waals surface area contributed by atoms with Crippen LogP contribution in [-0.4, -0.2) is 97.7 Å². The Morgan fingerprint density at radius 3 is 2.34 bits per heavy atom. The van der Waals surface area contributed by atoms with Crippen LogP contribution < -0.4 is 10.1 Å². The lowest BCUT2D eigenvalue weighted by atomic mass is 9.89. The Hall–Kier alpha value is -3.75. The lowest BCUT2D eigenvalue weighted by Crippen LogP contribution is -2.50. The molecular formula is C33H39F3N4O6S. The molecule has 1 spiro atoms. The first kappa shape index (κ1) is 34.6. The highest BCUT2D eigenvalue weighted by atomic mass is 32.2. The number of aliphatic imine (C=N–C) groups is 1. The zero-order chi connectivity index (χ0) is 34.0. The lowest BCUT2D eigenvalue weighted by molar-refractivity contribution is -0.124. The van der Waals surface area contributed by atoms with E-state index >= 15 is 0 Å². The van der Waals surface area contributed by atoms with E-state index in [2.05, 4.69) is 10.3 Å². The van der Waals surface area contributed by atoms with E-state index in [1.165, 1.54) is 28.6 Å². The Kier molecular flexibility index (Phi) is 10.1. The van der Waals surface area contributed by atoms with Gasteiger partial charge < -0.3 is 20.1 Å². The largest absolute Gasteiger partial charge is 0.490 e. The molecule has 0 aliphatic carbocycles. The minimum absolute atomic E-state index is 0.00260. The Morgan fingerprint density at radius 2 is 1.72 bits per heavy atom. The van der Waals surface area contributed by atoms with Gasteiger partial charge in [0.25, 0.3) is 11.8 Å². The lowest BCUT2D eigenvalue weighted by Gasteiger charge is -2.36. The number of aryl methyl sites for hydroxylation is 2. The van der Waals surface area contributed by atoms with E-state index in [0.29, 0.717) is 27.8 Å². The highest BCUT2D eigenvalue weighted by Crippen LogP contribution is 2.33. The molecule has 0 atom stereocenters. The van der Waals surface area contributed by atoms with E-state index in [4.69, 9.17) is 4.74 Å². The fourth-order valence-corrected chi connectivity index (χ4v) is 7.32. The smallest absolute Gasteiger partial charge is 0.253 e. The van der Waals surface area contributed by atoms with E-state index in [0.717, 1.165) is 5.41 Å². The van der Waals surface area contributed by atoms with E-state index in [1.54, 1.807) is 30.9 Å². The number of carbonyl (C=O) groups excluding carboxylic acids is 2. The van der Waals surface area contributed by atoms with Crippen molar-refractivity contribution < 1.29 is 41.0 Å². The molecule has 2 aromatic carbocycles. The molecule has 2 fully saturated rings. The van der Waals surface area contributed by atoms with Gasteiger partial charge in [0, 0.05) is 49.1 Å². The summed E-state index contributed by atoms with van der Waals surface area (Å²) in [5.41, 5.74) is 0.363. The normalized spacial score (nSPS) is 19.7. The molecule has 3 heterocycles. The highest BCUT2D eigenvalue weighted by molar-refractivity contribution is 7.92. The van der Waals surface area contributed by atoms with Crippen LogP contribution >= 0.6 is 0 Å². The maximum absolute atomic E-state index is 14.2. The fourth-order valence-electron chi connectivity index (χ4n) is 6.14. The van der Waals surface area contributed by atoms with Gasteiger partial charge in [0.15, 0.2) is 11.6 Å². The van der Waals surface area contributed by atoms with Gasteiger partial charge in [-0.1, -0.05) is 0 Å². The van der Waals surface area contributed by atoms with Crippen LogP contribution in [0.5, 0.6) is 5.75 Å². The number of halogens is 3. The van der Waals surface area contributed by atoms with Crippen LogP contribution in [0.1, 0.15) is 64.7 Å². The third-order valence-corrected chi connectivity index (χ3v) is 10.7. The fraction of sp³-hybridized carbons (Fsp3) is 0.485. The van der Waals surface area contributed by atoms with Gasteiger partial charge in [-0.05, 0) is 92.6 Å². The SMILES string of the molecule is Cc1cc(C(=O)N2CCC(O)(CF)CC2)cc(C)c1C=CS(=O)(=O)N1CCC2(CC1)N=C(c1ccc(F)c(OCCCF)c1)NC2=O. The maximum atomic E-state index is 14.2. The third-order valence-electron chi connectivity index (χ3n) is 9.11. The molecule has 0 saturated carbocycles. The summed E-state index contributed by atoms with van der Waals surface area (Å²) in [7, 11) is -3.86. The second-order valence-corrected chi connectivity index (χ2v) is 14.2. The standard InChI is InChI=1S/C33H39F3N4O6S/c1-22-18-25(30(41)39-12-7-32(43,21-35)8-13-39)19-23(2)26(22)6-17-47(44,45)40-14-9-33(10-15-40)31(42)37-29(38-33)24-4-5-27(36)28(20-24)46-16-3-11-34/h4-6,17-20,43H,3,7-16,21H2,1-2H3,(H,37,38,42). The number of alkyl halides is 2. The quantitative estimate of drug-likeness (QED) is 0.369. The number of amides is 2. The molecule has 5 rings (SSSR count). The number of amidine groups is 1. The van der Waals surface area contributed by atoms with Crippen molar-refractivity contribution in [1.82, 2.24) is 14.5 Å². The van der Waals surface area contributed by atoms with Gasteiger partial charge in [-0.15, -0.1) is 0 Å². The zero-order valence-electron chi connectivity index (χ0n) is 26.4. The van der Waals surface area contributed by atoms with Crippen LogP contribution in [0.3, 0.4) is 0 Å². The van der Waals surface area contributed by atoms with Crippen molar-refractivity contribution in [2.75, 3.05) is 46.1 Å². The van der Waals surface area contributed by atoms with Crippen LogP contribution in [-0.2, 0) is 14.8 Å². The van der Waals surface area contributed by atoms with Gasteiger partial charge in [0.2, 0.25) is 10.0 Å². The molecule has 10 nitrogen and oxygen atoms in total. The Balaban J connectivity index is 1.24. The minimum Gasteiger partial charge on any atom is -0.490 e. The van der Waals surface area contributed by atoms with Crippen molar-refractivity contribution in [3.05, 3.63) is 69.4 Å². The molecule has 2 aromatic rings. The number of nitrogens with one attached hydrogen (secondary N) is 1. The molecule has 3 aliphatic rings. The number of likely N-dealkylation sites (tertiary alicyclic amines) is 1. The monoisotopic (exact) mass is 676 g/mol. The number of hydrogen-bond acceptors (Lipinski definition) is 7. The van der Waals surface area contributed by atoms with Gasteiger partial charge in [-0.25, -0.2) is 17.2 Å². The predicted octanol–water partition coefficient (Wildman–Crippen LogP) is 3.83. The van der Waals surface area contributed by atoms with Crippen molar-refractivity contribution >= 4 is 33.7 Å². The van der Waals surface area contributed by atoms with Crippen LogP contribution in [0.2, 0.25) is 0 Å². The molecule has 47 heavy (non-hydrogen) atoms. The molecule has 3 aliphatic heterocycles. The first-order valence-electron chi connectivity index (χ1n) is 15.6. The highest BCUT2D eigenvalue weighted by Gasteiger charge is 2.47. The second-order valence-electron chi connectivity index (χ2n) is 12.4. The summed E-state index contributed by atoms with van der Waals surface area (Å²) in [6.07, 6.45) is 2.23. The summed E-state index contributed by atoms with van der Waals surface area (Å²) in [6, 6.07) is 7.41. The number of piperidine rings is 2. The first-order chi connectivity index (χ1) is 22.3. The Morgan fingerprint density at radius 1 is 1.06 bits per heavy atom. The van der Waals surface area contributed by atoms with Gasteiger partial charge in [0.1, 0.15) is 18.0 Å². The number of rotatable bonds is 10. The van der Waals surface area contributed by atoms with Gasteiger partial charge in [-0.2, -0.15) is 4.31 Å². The Bertz CT molecular complexity index is 1670. The van der Waals surface area contributed by atoms with Gasteiger partial charge in [-0.3, -0.25) is 19.0 Å². The van der Waals surface area contributed by atoms with Crippen molar-refractivity contribution in [1.29, 1.82) is 0 Å². The van der Waals surface area contributed by atoms with E-state index in [9.17, 15) is 36.3 Å². The zero-order valence-corrected chi connectivity index (χ0v) is 27.2. The molecular weight excluding hydrogens is 637 g/mol. The van der Waals surface area contributed by atoms with Crippen molar-refractivity contribution in [2.45, 2.75) is 57.1 Å². The molecule has 0 unspecified atom stereocenters. The van der Waals surface area contributed by atoms with E-state index in [1.807, 2.05) is 0 Å². The average molecular weight is 677 g/mol. The number of sulfonamides is 1. The number of hydrogen-bond donors (Lipinski definition) is 2. The van der Waals surface area contributed by atoms with Crippen molar-refractivity contribution in [3.8, 4) is 5.75 Å². The summed E-state index contributed by atoms with van der Waals surface area (Å²) in [5, 5.41) is 14.0. The maximum Gasteiger partial charge on any atom is 0.253 e. The van der Waals surface area contributed by atoms with E-state index < -0.39 is 40.3 Å². The molecule has 2 N–H and O–H groups in total. The van der Waals surface area contributed by atoms with Gasteiger partial charge in [0.05, 0.1) is 18.9 Å². The molecule has 2 saturated heterocycles. The molecule has 2 amide bonds. The van der Waals surface area contributed by atoms with E-state index in [-0.39, 0.29) is 88.3 Å². The van der Waals surface area contributed by atoms with Crippen LogP contribution in [0.4, 0.5) is 13.2 Å². The van der Waals surface area contributed by atoms with Crippen molar-refractivity contribution in [2.24, 2.45) is 4.99 Å². The first-order valence-corrected chi connectivity index (χ1v) is 17.1. The van der Waals surface area contributed by atoms with Crippen LogP contribution in [0.15, 0.2) is 40.7 Å². The number of benzene rings is 2. The third kappa shape index (κ3) is 7.39. The van der Waals surface area contributed by atoms with Crippen LogP contribution in [0, 0.1) is 19.7 Å². The summed E-state index contributed by atoms with van der Waals surface area (Å²) < 4.78 is 73.0. The molecule has 254 valence electrons.